The number of nitrogens with zero attached hydrogens (tertiary/aromatic N) is 3. The molecule has 2 aromatic carbocycles. The molecule has 0 aliphatic carbocycles. The van der Waals surface area contributed by atoms with Crippen molar-refractivity contribution in [2.75, 3.05) is 30.4 Å². The topological polar surface area (TPSA) is 67.3 Å². The molecule has 0 bridgehead atoms. The van der Waals surface area contributed by atoms with Crippen molar-refractivity contribution >= 4 is 17.3 Å². The summed E-state index contributed by atoms with van der Waals surface area (Å²) in [6.45, 7) is 1.69. The molecule has 1 aliphatic rings. The highest BCUT2D eigenvalue weighted by Gasteiger charge is 2.20. The van der Waals surface area contributed by atoms with Crippen LogP contribution in [0.2, 0.25) is 0 Å². The largest absolute Gasteiger partial charge is 0.496 e. The van der Waals surface area contributed by atoms with Crippen LogP contribution in [0.4, 0.5) is 20.2 Å². The zero-order valence-electron chi connectivity index (χ0n) is 16.4. The van der Waals surface area contributed by atoms with Crippen molar-refractivity contribution in [3.8, 4) is 17.1 Å². The van der Waals surface area contributed by atoms with Gasteiger partial charge in [0.15, 0.2) is 5.82 Å². The highest BCUT2D eigenvalue weighted by atomic mass is 19.1. The predicted octanol–water partition coefficient (Wildman–Crippen LogP) is 4.28. The Hall–Kier alpha value is -3.55. The van der Waals surface area contributed by atoms with Gasteiger partial charge in [-0.15, -0.1) is 0 Å². The minimum Gasteiger partial charge on any atom is -0.496 e. The minimum absolute atomic E-state index is 0.0246. The van der Waals surface area contributed by atoms with E-state index in [4.69, 9.17) is 4.74 Å². The molecular weight excluding hydrogens is 390 g/mol. The lowest BCUT2D eigenvalue weighted by molar-refractivity contribution is 0.102. The molecule has 1 saturated heterocycles. The number of hydrogen-bond acceptors (Lipinski definition) is 5. The van der Waals surface area contributed by atoms with Gasteiger partial charge in [0.2, 0.25) is 0 Å². The van der Waals surface area contributed by atoms with Crippen molar-refractivity contribution in [1.29, 1.82) is 0 Å². The van der Waals surface area contributed by atoms with Crippen LogP contribution < -0.4 is 15.0 Å². The van der Waals surface area contributed by atoms with Gasteiger partial charge in [-0.2, -0.15) is 0 Å². The second-order valence-corrected chi connectivity index (χ2v) is 6.89. The van der Waals surface area contributed by atoms with Crippen molar-refractivity contribution in [3.63, 3.8) is 0 Å². The quantitative estimate of drug-likeness (QED) is 0.680. The van der Waals surface area contributed by atoms with E-state index in [-0.39, 0.29) is 22.8 Å². The Morgan fingerprint density at radius 1 is 1.13 bits per heavy atom. The van der Waals surface area contributed by atoms with Crippen LogP contribution >= 0.6 is 0 Å². The SMILES string of the molecule is COc1cccc(F)c1-c1nccc(C(=O)Nc2cc(F)ccc2N2CCCC2)n1. The lowest BCUT2D eigenvalue weighted by Gasteiger charge is -2.21. The molecule has 4 rings (SSSR count). The lowest BCUT2D eigenvalue weighted by atomic mass is 10.1. The van der Waals surface area contributed by atoms with Gasteiger partial charge in [-0.3, -0.25) is 4.79 Å². The second-order valence-electron chi connectivity index (χ2n) is 6.89. The van der Waals surface area contributed by atoms with Crippen LogP contribution in [0.5, 0.6) is 5.75 Å². The number of carbonyl (C=O) groups excluding carboxylic acids is 1. The number of carbonyl (C=O) groups is 1. The number of nitrogens with one attached hydrogen (secondary N) is 1. The summed E-state index contributed by atoms with van der Waals surface area (Å²) in [5, 5.41) is 2.73. The third-order valence-electron chi connectivity index (χ3n) is 4.96. The number of halogens is 2. The molecule has 2 heterocycles. The van der Waals surface area contributed by atoms with Crippen molar-refractivity contribution in [2.45, 2.75) is 12.8 Å². The van der Waals surface area contributed by atoms with Gasteiger partial charge in [-0.1, -0.05) is 6.07 Å². The molecule has 1 amide bonds. The van der Waals surface area contributed by atoms with Crippen LogP contribution in [0.15, 0.2) is 48.7 Å². The molecule has 0 atom stereocenters. The van der Waals surface area contributed by atoms with Crippen molar-refractivity contribution in [2.24, 2.45) is 0 Å². The first-order chi connectivity index (χ1) is 14.6. The highest BCUT2D eigenvalue weighted by Crippen LogP contribution is 2.31. The van der Waals surface area contributed by atoms with E-state index < -0.39 is 17.5 Å². The van der Waals surface area contributed by atoms with Crippen LogP contribution in [-0.4, -0.2) is 36.1 Å². The van der Waals surface area contributed by atoms with E-state index >= 15 is 0 Å². The fourth-order valence-corrected chi connectivity index (χ4v) is 3.53. The Bertz CT molecular complexity index is 1080. The number of ether oxygens (including phenoxy) is 1. The zero-order chi connectivity index (χ0) is 21.1. The Morgan fingerprint density at radius 2 is 1.93 bits per heavy atom. The highest BCUT2D eigenvalue weighted by molar-refractivity contribution is 6.05. The minimum atomic E-state index is -0.562. The van der Waals surface area contributed by atoms with Crippen LogP contribution in [0, 0.1) is 11.6 Å². The first kappa shape index (κ1) is 19.8. The zero-order valence-corrected chi connectivity index (χ0v) is 16.4. The Kier molecular flexibility index (Phi) is 5.56. The Labute approximate surface area is 172 Å². The summed E-state index contributed by atoms with van der Waals surface area (Å²) >= 11 is 0. The van der Waals surface area contributed by atoms with E-state index in [1.54, 1.807) is 12.1 Å². The molecule has 0 unspecified atom stereocenters. The first-order valence-electron chi connectivity index (χ1n) is 9.58. The molecule has 0 saturated carbocycles. The number of rotatable bonds is 5. The molecule has 30 heavy (non-hydrogen) atoms. The maximum absolute atomic E-state index is 14.4. The number of aromatic nitrogens is 2. The molecule has 8 heteroatoms. The molecule has 1 fully saturated rings. The summed E-state index contributed by atoms with van der Waals surface area (Å²) < 4.78 is 33.4. The molecule has 1 N–H and O–H groups in total. The van der Waals surface area contributed by atoms with Gasteiger partial charge < -0.3 is 15.0 Å². The van der Waals surface area contributed by atoms with E-state index in [2.05, 4.69) is 20.2 Å². The molecule has 6 nitrogen and oxygen atoms in total. The van der Waals surface area contributed by atoms with E-state index in [0.717, 1.165) is 31.6 Å². The van der Waals surface area contributed by atoms with Crippen LogP contribution in [0.1, 0.15) is 23.3 Å². The summed E-state index contributed by atoms with van der Waals surface area (Å²) in [6.07, 6.45) is 3.46. The fraction of sp³-hybridized carbons (Fsp3) is 0.227. The summed E-state index contributed by atoms with van der Waals surface area (Å²) in [5.74, 6) is -1.27. The van der Waals surface area contributed by atoms with Crippen LogP contribution in [0.3, 0.4) is 0 Å². The summed E-state index contributed by atoms with van der Waals surface area (Å²) in [7, 11) is 1.42. The standard InChI is InChI=1S/C22H20F2N4O2/c1-30-19-6-4-5-15(24)20(19)21-25-10-9-16(26-21)22(29)27-17-13-14(23)7-8-18(17)28-11-2-3-12-28/h4-10,13H,2-3,11-12H2,1H3,(H,27,29). The van der Waals surface area contributed by atoms with Gasteiger partial charge in [0.05, 0.1) is 24.0 Å². The molecule has 1 aromatic heterocycles. The monoisotopic (exact) mass is 410 g/mol. The first-order valence-corrected chi connectivity index (χ1v) is 9.58. The number of benzene rings is 2. The van der Waals surface area contributed by atoms with Crippen molar-refractivity contribution in [3.05, 3.63) is 66.0 Å². The fourth-order valence-electron chi connectivity index (χ4n) is 3.53. The molecule has 0 spiro atoms. The van der Waals surface area contributed by atoms with Gasteiger partial charge in [0, 0.05) is 19.3 Å². The molecule has 1 aliphatic heterocycles. The van der Waals surface area contributed by atoms with E-state index in [9.17, 15) is 13.6 Å². The summed E-state index contributed by atoms with van der Waals surface area (Å²) in [6, 6.07) is 10.1. The second kappa shape index (κ2) is 8.44. The van der Waals surface area contributed by atoms with E-state index in [1.807, 2.05) is 0 Å². The van der Waals surface area contributed by atoms with Crippen LogP contribution in [-0.2, 0) is 0 Å². The molecule has 3 aromatic rings. The average Bonchev–Trinajstić information content (AvgIpc) is 3.28. The summed E-state index contributed by atoms with van der Waals surface area (Å²) in [5.41, 5.74) is 1.22. The van der Waals surface area contributed by atoms with Gasteiger partial charge in [-0.05, 0) is 49.2 Å². The smallest absolute Gasteiger partial charge is 0.274 e. The van der Waals surface area contributed by atoms with Gasteiger partial charge in [0.1, 0.15) is 23.1 Å². The number of anilines is 2. The number of methoxy groups -OCH3 is 1. The molecule has 0 radical (unpaired) electrons. The molecular formula is C22H20F2N4O2. The maximum Gasteiger partial charge on any atom is 0.274 e. The Morgan fingerprint density at radius 3 is 2.70 bits per heavy atom. The maximum atomic E-state index is 14.4. The van der Waals surface area contributed by atoms with E-state index in [1.165, 1.54) is 43.6 Å². The normalized spacial score (nSPS) is 13.4. The van der Waals surface area contributed by atoms with Gasteiger partial charge in [-0.25, -0.2) is 18.7 Å². The van der Waals surface area contributed by atoms with Crippen molar-refractivity contribution in [1.82, 2.24) is 9.97 Å². The van der Waals surface area contributed by atoms with Gasteiger partial charge in [0.25, 0.3) is 5.91 Å². The summed E-state index contributed by atoms with van der Waals surface area (Å²) in [4.78, 5) is 23.2. The molecule has 154 valence electrons. The van der Waals surface area contributed by atoms with E-state index in [0.29, 0.717) is 5.69 Å². The van der Waals surface area contributed by atoms with Gasteiger partial charge >= 0.3 is 0 Å². The average molecular weight is 410 g/mol. The van der Waals surface area contributed by atoms with Crippen molar-refractivity contribution < 1.29 is 18.3 Å². The predicted molar refractivity (Wildman–Crippen MR) is 110 cm³/mol. The lowest BCUT2D eigenvalue weighted by Crippen LogP contribution is -2.22. The third kappa shape index (κ3) is 3.94. The van der Waals surface area contributed by atoms with Crippen LogP contribution in [0.25, 0.3) is 11.4 Å². The number of hydrogen-bond donors (Lipinski definition) is 1. The number of amides is 1. The third-order valence-corrected chi connectivity index (χ3v) is 4.96. The Balaban J connectivity index is 1.65.